The van der Waals surface area contributed by atoms with Gasteiger partial charge in [0.15, 0.2) is 5.79 Å². The second-order valence-electron chi connectivity index (χ2n) is 6.76. The first-order valence-corrected chi connectivity index (χ1v) is 9.44. The lowest BCUT2D eigenvalue weighted by atomic mass is 10.0. The number of aromatic nitrogens is 2. The molecular formula is C19H23ClN4O3. The Morgan fingerprint density at radius 3 is 2.59 bits per heavy atom. The van der Waals surface area contributed by atoms with E-state index in [0.717, 1.165) is 43.1 Å². The van der Waals surface area contributed by atoms with E-state index in [4.69, 9.17) is 30.8 Å². The number of rotatable bonds is 4. The van der Waals surface area contributed by atoms with E-state index < -0.39 is 5.79 Å². The molecule has 7 nitrogen and oxygen atoms in total. The van der Waals surface area contributed by atoms with Crippen LogP contribution in [0.5, 0.6) is 5.75 Å². The van der Waals surface area contributed by atoms with Crippen LogP contribution >= 0.6 is 11.6 Å². The van der Waals surface area contributed by atoms with E-state index in [2.05, 4.69) is 15.2 Å². The van der Waals surface area contributed by atoms with Gasteiger partial charge in [-0.2, -0.15) is 4.98 Å². The van der Waals surface area contributed by atoms with Gasteiger partial charge in [-0.25, -0.2) is 4.98 Å². The van der Waals surface area contributed by atoms with Gasteiger partial charge in [0.05, 0.1) is 26.0 Å². The van der Waals surface area contributed by atoms with E-state index in [1.165, 1.54) is 0 Å². The smallest absolute Gasteiger partial charge is 0.229 e. The van der Waals surface area contributed by atoms with Crippen LogP contribution in [0.25, 0.3) is 0 Å². The predicted octanol–water partition coefficient (Wildman–Crippen LogP) is 3.53. The van der Waals surface area contributed by atoms with Gasteiger partial charge in [0.2, 0.25) is 5.95 Å². The molecule has 1 spiro atoms. The molecule has 0 aliphatic carbocycles. The van der Waals surface area contributed by atoms with Crippen LogP contribution in [0.4, 0.5) is 17.5 Å². The van der Waals surface area contributed by atoms with E-state index in [-0.39, 0.29) is 0 Å². The standard InChI is InChI=1S/C19H23ClN4O3/c1-13-11-17(24-7-5-19(6-8-24)26-9-10-27-19)23-18(21-13)22-15-12-14(20)3-4-16(15)25-2/h3-4,11-12H,5-10H2,1-2H3,(H,21,22,23). The molecular weight excluding hydrogens is 368 g/mol. The number of halogens is 1. The Balaban J connectivity index is 1.53. The van der Waals surface area contributed by atoms with Crippen molar-refractivity contribution in [3.05, 3.63) is 35.0 Å². The molecule has 0 unspecified atom stereocenters. The summed E-state index contributed by atoms with van der Waals surface area (Å²) in [6, 6.07) is 7.39. The lowest BCUT2D eigenvalue weighted by molar-refractivity contribution is -0.169. The molecule has 27 heavy (non-hydrogen) atoms. The highest BCUT2D eigenvalue weighted by molar-refractivity contribution is 6.31. The van der Waals surface area contributed by atoms with Gasteiger partial charge in [0, 0.05) is 42.7 Å². The van der Waals surface area contributed by atoms with Gasteiger partial charge < -0.3 is 24.4 Å². The Morgan fingerprint density at radius 2 is 1.89 bits per heavy atom. The van der Waals surface area contributed by atoms with Crippen molar-refractivity contribution in [2.24, 2.45) is 0 Å². The number of hydrogen-bond acceptors (Lipinski definition) is 7. The second kappa shape index (κ2) is 7.50. The number of hydrogen-bond donors (Lipinski definition) is 1. The molecule has 0 atom stereocenters. The molecule has 2 aliphatic heterocycles. The van der Waals surface area contributed by atoms with Crippen LogP contribution in [0.3, 0.4) is 0 Å². The second-order valence-corrected chi connectivity index (χ2v) is 7.19. The molecule has 1 aromatic carbocycles. The Kier molecular flexibility index (Phi) is 5.08. The van der Waals surface area contributed by atoms with Crippen LogP contribution in [-0.4, -0.2) is 49.2 Å². The zero-order chi connectivity index (χ0) is 18.9. The highest BCUT2D eigenvalue weighted by Gasteiger charge is 2.40. The molecule has 2 saturated heterocycles. The Bertz CT molecular complexity index is 817. The zero-order valence-electron chi connectivity index (χ0n) is 15.5. The first kappa shape index (κ1) is 18.3. The van der Waals surface area contributed by atoms with E-state index in [1.807, 2.05) is 19.1 Å². The molecule has 1 N–H and O–H groups in total. The molecule has 4 rings (SSSR count). The molecule has 1 aromatic heterocycles. The number of aryl methyl sites for hydroxylation is 1. The van der Waals surface area contributed by atoms with Gasteiger partial charge >= 0.3 is 0 Å². The molecule has 3 heterocycles. The Morgan fingerprint density at radius 1 is 1.15 bits per heavy atom. The molecule has 0 radical (unpaired) electrons. The summed E-state index contributed by atoms with van der Waals surface area (Å²) >= 11 is 6.12. The maximum Gasteiger partial charge on any atom is 0.229 e. The highest BCUT2D eigenvalue weighted by Crippen LogP contribution is 2.34. The van der Waals surface area contributed by atoms with E-state index in [9.17, 15) is 0 Å². The van der Waals surface area contributed by atoms with E-state index in [0.29, 0.717) is 29.9 Å². The number of methoxy groups -OCH3 is 1. The normalized spacial score (nSPS) is 18.7. The lowest BCUT2D eigenvalue weighted by Gasteiger charge is -2.38. The van der Waals surface area contributed by atoms with Crippen LogP contribution in [0.2, 0.25) is 5.02 Å². The van der Waals surface area contributed by atoms with Gasteiger partial charge in [-0.15, -0.1) is 0 Å². The molecule has 2 fully saturated rings. The van der Waals surface area contributed by atoms with Crippen LogP contribution in [0.1, 0.15) is 18.5 Å². The van der Waals surface area contributed by atoms with Crippen LogP contribution in [-0.2, 0) is 9.47 Å². The van der Waals surface area contributed by atoms with E-state index >= 15 is 0 Å². The van der Waals surface area contributed by atoms with Crippen molar-refractivity contribution in [1.29, 1.82) is 0 Å². The Hall–Kier alpha value is -2.09. The van der Waals surface area contributed by atoms with Gasteiger partial charge in [-0.05, 0) is 25.1 Å². The number of anilines is 3. The van der Waals surface area contributed by atoms with Crippen molar-refractivity contribution in [2.45, 2.75) is 25.6 Å². The van der Waals surface area contributed by atoms with E-state index in [1.54, 1.807) is 19.2 Å². The summed E-state index contributed by atoms with van der Waals surface area (Å²) in [7, 11) is 1.62. The maximum absolute atomic E-state index is 6.12. The predicted molar refractivity (Wildman–Crippen MR) is 104 cm³/mol. The minimum Gasteiger partial charge on any atom is -0.495 e. The number of benzene rings is 1. The highest BCUT2D eigenvalue weighted by atomic mass is 35.5. The monoisotopic (exact) mass is 390 g/mol. The number of nitrogens with zero attached hydrogens (tertiary/aromatic N) is 3. The fourth-order valence-corrected chi connectivity index (χ4v) is 3.70. The fraction of sp³-hybridized carbons (Fsp3) is 0.474. The number of nitrogens with one attached hydrogen (secondary N) is 1. The average molecular weight is 391 g/mol. The average Bonchev–Trinajstić information content (AvgIpc) is 3.10. The third kappa shape index (κ3) is 3.95. The quantitative estimate of drug-likeness (QED) is 0.856. The summed E-state index contributed by atoms with van der Waals surface area (Å²) in [5, 5.41) is 3.84. The van der Waals surface area contributed by atoms with Crippen molar-refractivity contribution in [3.8, 4) is 5.75 Å². The molecule has 2 aliphatic rings. The van der Waals surface area contributed by atoms with Gasteiger partial charge in [-0.3, -0.25) is 0 Å². The summed E-state index contributed by atoms with van der Waals surface area (Å²) in [5.41, 5.74) is 1.61. The van der Waals surface area contributed by atoms with Crippen LogP contribution in [0, 0.1) is 6.92 Å². The molecule has 0 saturated carbocycles. The fourth-order valence-electron chi connectivity index (χ4n) is 3.53. The number of piperidine rings is 1. The van der Waals surface area contributed by atoms with Crippen molar-refractivity contribution in [3.63, 3.8) is 0 Å². The van der Waals surface area contributed by atoms with Crippen molar-refractivity contribution < 1.29 is 14.2 Å². The van der Waals surface area contributed by atoms with Gasteiger partial charge in [0.25, 0.3) is 0 Å². The van der Waals surface area contributed by atoms with Crippen molar-refractivity contribution >= 4 is 29.1 Å². The van der Waals surface area contributed by atoms with Crippen LogP contribution < -0.4 is 15.0 Å². The molecule has 2 aromatic rings. The van der Waals surface area contributed by atoms with Crippen LogP contribution in [0.15, 0.2) is 24.3 Å². The third-order valence-electron chi connectivity index (χ3n) is 4.91. The summed E-state index contributed by atoms with van der Waals surface area (Å²) in [6.45, 7) is 4.98. The molecule has 0 bridgehead atoms. The molecule has 144 valence electrons. The zero-order valence-corrected chi connectivity index (χ0v) is 16.3. The lowest BCUT2D eigenvalue weighted by Crippen LogP contribution is -2.45. The molecule has 0 amide bonds. The SMILES string of the molecule is COc1ccc(Cl)cc1Nc1nc(C)cc(N2CCC3(CC2)OCCO3)n1. The molecule has 8 heteroatoms. The summed E-state index contributed by atoms with van der Waals surface area (Å²) in [4.78, 5) is 11.4. The number of ether oxygens (including phenoxy) is 3. The maximum atomic E-state index is 6.12. The van der Waals surface area contributed by atoms with Crippen molar-refractivity contribution in [1.82, 2.24) is 9.97 Å². The first-order valence-electron chi connectivity index (χ1n) is 9.06. The Labute approximate surface area is 163 Å². The first-order chi connectivity index (χ1) is 13.1. The largest absolute Gasteiger partial charge is 0.495 e. The topological polar surface area (TPSA) is 68.7 Å². The summed E-state index contributed by atoms with van der Waals surface area (Å²) in [6.07, 6.45) is 1.67. The van der Waals surface area contributed by atoms with Gasteiger partial charge in [0.1, 0.15) is 11.6 Å². The van der Waals surface area contributed by atoms with Crippen molar-refractivity contribution in [2.75, 3.05) is 43.6 Å². The van der Waals surface area contributed by atoms with Gasteiger partial charge in [-0.1, -0.05) is 11.6 Å². The summed E-state index contributed by atoms with van der Waals surface area (Å²) < 4.78 is 17.0. The minimum atomic E-state index is -0.395. The third-order valence-corrected chi connectivity index (χ3v) is 5.15. The minimum absolute atomic E-state index is 0.395. The summed E-state index contributed by atoms with van der Waals surface area (Å²) in [5.74, 6) is 1.69.